The Bertz CT molecular complexity index is 506. The topological polar surface area (TPSA) is 76.7 Å². The van der Waals surface area contributed by atoms with Crippen LogP contribution in [0.3, 0.4) is 0 Å². The molecule has 0 saturated carbocycles. The van der Waals surface area contributed by atoms with E-state index in [1.807, 2.05) is 0 Å². The van der Waals surface area contributed by atoms with Crippen LogP contribution in [0.1, 0.15) is 5.69 Å². The van der Waals surface area contributed by atoms with Crippen LogP contribution in [0.2, 0.25) is 0 Å². The Morgan fingerprint density at radius 3 is 3.07 bits per heavy atom. The Balaban J connectivity index is 2.42. The molecular formula is C9H9N3O3. The maximum atomic E-state index is 10.5. The van der Waals surface area contributed by atoms with Crippen molar-refractivity contribution >= 4 is 11.6 Å². The van der Waals surface area contributed by atoms with E-state index in [9.17, 15) is 4.79 Å². The zero-order valence-corrected chi connectivity index (χ0v) is 8.04. The van der Waals surface area contributed by atoms with E-state index in [0.717, 1.165) is 0 Å². The molecule has 2 heterocycles. The van der Waals surface area contributed by atoms with E-state index < -0.39 is 5.97 Å². The molecule has 0 aliphatic heterocycles. The standard InChI is InChI=1S/C9H9N3O3/c1-15-8-3-2-7-10-6(4-9(13)14)5-12(7)11-8/h2-3,5H,4H2,1H3,(H,13,14). The van der Waals surface area contributed by atoms with Gasteiger partial charge in [0.15, 0.2) is 5.65 Å². The minimum atomic E-state index is -0.912. The number of nitrogens with zero attached hydrogens (tertiary/aromatic N) is 3. The molecule has 2 rings (SSSR count). The molecule has 1 N–H and O–H groups in total. The van der Waals surface area contributed by atoms with Crippen LogP contribution < -0.4 is 4.74 Å². The third-order valence-electron chi connectivity index (χ3n) is 1.89. The Labute approximate surface area is 85.1 Å². The Morgan fingerprint density at radius 1 is 1.60 bits per heavy atom. The van der Waals surface area contributed by atoms with Crippen LogP contribution in [-0.4, -0.2) is 32.8 Å². The molecule has 0 amide bonds. The highest BCUT2D eigenvalue weighted by atomic mass is 16.5. The Hall–Kier alpha value is -2.11. The minimum absolute atomic E-state index is 0.105. The van der Waals surface area contributed by atoms with Crippen molar-refractivity contribution in [3.05, 3.63) is 24.0 Å². The first-order valence-corrected chi connectivity index (χ1v) is 4.30. The molecule has 15 heavy (non-hydrogen) atoms. The van der Waals surface area contributed by atoms with Gasteiger partial charge in [0, 0.05) is 6.07 Å². The summed E-state index contributed by atoms with van der Waals surface area (Å²) in [5.41, 5.74) is 1.08. The number of ether oxygens (including phenoxy) is 1. The number of carboxylic acid groups (broad SMARTS) is 1. The fourth-order valence-corrected chi connectivity index (χ4v) is 1.26. The second-order valence-corrected chi connectivity index (χ2v) is 2.98. The smallest absolute Gasteiger partial charge is 0.309 e. The van der Waals surface area contributed by atoms with Crippen LogP contribution in [0.5, 0.6) is 5.88 Å². The van der Waals surface area contributed by atoms with Crippen molar-refractivity contribution in [1.82, 2.24) is 14.6 Å². The second kappa shape index (κ2) is 3.56. The molecule has 0 aliphatic rings. The fourth-order valence-electron chi connectivity index (χ4n) is 1.26. The summed E-state index contributed by atoms with van der Waals surface area (Å²) in [6.07, 6.45) is 1.47. The highest BCUT2D eigenvalue weighted by Crippen LogP contribution is 2.09. The Kier molecular flexibility index (Phi) is 2.24. The normalized spacial score (nSPS) is 10.5. The first-order chi connectivity index (χ1) is 7.19. The molecule has 2 aromatic heterocycles. The van der Waals surface area contributed by atoms with Crippen LogP contribution in [0.25, 0.3) is 5.65 Å². The third kappa shape index (κ3) is 1.88. The van der Waals surface area contributed by atoms with E-state index >= 15 is 0 Å². The first kappa shape index (κ1) is 9.45. The number of imidazole rings is 1. The summed E-state index contributed by atoms with van der Waals surface area (Å²) in [7, 11) is 1.52. The SMILES string of the molecule is COc1ccc2nc(CC(=O)O)cn2n1. The third-order valence-corrected chi connectivity index (χ3v) is 1.89. The zero-order valence-electron chi connectivity index (χ0n) is 8.04. The number of aliphatic carboxylic acids is 1. The van der Waals surface area contributed by atoms with Gasteiger partial charge in [-0.15, -0.1) is 5.10 Å². The van der Waals surface area contributed by atoms with Crippen LogP contribution in [0.15, 0.2) is 18.3 Å². The average molecular weight is 207 g/mol. The maximum absolute atomic E-state index is 10.5. The molecular weight excluding hydrogens is 198 g/mol. The Morgan fingerprint density at radius 2 is 2.40 bits per heavy atom. The number of carbonyl (C=O) groups is 1. The van der Waals surface area contributed by atoms with E-state index in [4.69, 9.17) is 9.84 Å². The molecule has 6 nitrogen and oxygen atoms in total. The highest BCUT2D eigenvalue weighted by molar-refractivity contribution is 5.69. The summed E-state index contributed by atoms with van der Waals surface area (Å²) in [6.45, 7) is 0. The van der Waals surface area contributed by atoms with Gasteiger partial charge in [-0.3, -0.25) is 4.79 Å². The summed E-state index contributed by atoms with van der Waals surface area (Å²) < 4.78 is 6.43. The second-order valence-electron chi connectivity index (χ2n) is 2.98. The fraction of sp³-hybridized carbons (Fsp3) is 0.222. The number of rotatable bonds is 3. The molecule has 0 aliphatic carbocycles. The summed E-state index contributed by atoms with van der Waals surface area (Å²) in [5.74, 6) is -0.452. The van der Waals surface area contributed by atoms with Gasteiger partial charge in [-0.2, -0.15) is 0 Å². The number of carboxylic acids is 1. The lowest BCUT2D eigenvalue weighted by molar-refractivity contribution is -0.136. The quantitative estimate of drug-likeness (QED) is 0.786. The largest absolute Gasteiger partial charge is 0.481 e. The molecule has 6 heteroatoms. The van der Waals surface area contributed by atoms with E-state index in [-0.39, 0.29) is 6.42 Å². The predicted octanol–water partition coefficient (Wildman–Crippen LogP) is 0.365. The number of fused-ring (bicyclic) bond motifs is 1. The molecule has 0 unspecified atom stereocenters. The van der Waals surface area contributed by atoms with Crippen molar-refractivity contribution in [2.45, 2.75) is 6.42 Å². The summed E-state index contributed by atoms with van der Waals surface area (Å²) in [5, 5.41) is 12.7. The summed E-state index contributed by atoms with van der Waals surface area (Å²) >= 11 is 0. The van der Waals surface area contributed by atoms with Crippen LogP contribution in [-0.2, 0) is 11.2 Å². The molecule has 2 aromatic rings. The summed E-state index contributed by atoms with van der Waals surface area (Å²) in [6, 6.07) is 3.39. The van der Waals surface area contributed by atoms with Crippen molar-refractivity contribution < 1.29 is 14.6 Å². The van der Waals surface area contributed by atoms with Gasteiger partial charge in [0.05, 0.1) is 25.4 Å². The van der Waals surface area contributed by atoms with Gasteiger partial charge in [-0.25, -0.2) is 9.50 Å². The number of hydrogen-bond acceptors (Lipinski definition) is 4. The lowest BCUT2D eigenvalue weighted by Gasteiger charge is -1.96. The number of hydrogen-bond donors (Lipinski definition) is 1. The van der Waals surface area contributed by atoms with Crippen LogP contribution in [0, 0.1) is 0 Å². The van der Waals surface area contributed by atoms with Crippen molar-refractivity contribution in [2.75, 3.05) is 7.11 Å². The van der Waals surface area contributed by atoms with Crippen LogP contribution in [0.4, 0.5) is 0 Å². The summed E-state index contributed by atoms with van der Waals surface area (Å²) in [4.78, 5) is 14.6. The highest BCUT2D eigenvalue weighted by Gasteiger charge is 2.06. The molecule has 0 bridgehead atoms. The maximum Gasteiger partial charge on any atom is 0.309 e. The number of aromatic nitrogens is 3. The monoisotopic (exact) mass is 207 g/mol. The lowest BCUT2D eigenvalue weighted by Crippen LogP contribution is -1.99. The van der Waals surface area contributed by atoms with Crippen molar-refractivity contribution in [2.24, 2.45) is 0 Å². The van der Waals surface area contributed by atoms with E-state index in [1.165, 1.54) is 11.6 Å². The molecule has 0 atom stereocenters. The molecule has 0 spiro atoms. The molecule has 78 valence electrons. The minimum Gasteiger partial charge on any atom is -0.481 e. The zero-order chi connectivity index (χ0) is 10.8. The van der Waals surface area contributed by atoms with Crippen molar-refractivity contribution in [3.63, 3.8) is 0 Å². The molecule has 0 fully saturated rings. The van der Waals surface area contributed by atoms with Crippen LogP contribution >= 0.6 is 0 Å². The lowest BCUT2D eigenvalue weighted by atomic mass is 10.3. The van der Waals surface area contributed by atoms with Gasteiger partial charge in [0.1, 0.15) is 0 Å². The average Bonchev–Trinajstić information content (AvgIpc) is 2.57. The van der Waals surface area contributed by atoms with Gasteiger partial charge < -0.3 is 9.84 Å². The van der Waals surface area contributed by atoms with Gasteiger partial charge >= 0.3 is 5.97 Å². The first-order valence-electron chi connectivity index (χ1n) is 4.30. The number of methoxy groups -OCH3 is 1. The van der Waals surface area contributed by atoms with E-state index in [1.54, 1.807) is 18.3 Å². The van der Waals surface area contributed by atoms with Gasteiger partial charge in [0.25, 0.3) is 0 Å². The van der Waals surface area contributed by atoms with E-state index in [0.29, 0.717) is 17.2 Å². The van der Waals surface area contributed by atoms with Crippen molar-refractivity contribution in [3.8, 4) is 5.88 Å². The van der Waals surface area contributed by atoms with Gasteiger partial charge in [-0.05, 0) is 6.07 Å². The van der Waals surface area contributed by atoms with E-state index in [2.05, 4.69) is 10.1 Å². The molecule has 0 saturated heterocycles. The van der Waals surface area contributed by atoms with Gasteiger partial charge in [-0.1, -0.05) is 0 Å². The predicted molar refractivity (Wildman–Crippen MR) is 50.9 cm³/mol. The van der Waals surface area contributed by atoms with Gasteiger partial charge in [0.2, 0.25) is 5.88 Å². The van der Waals surface area contributed by atoms with Crippen molar-refractivity contribution in [1.29, 1.82) is 0 Å². The molecule has 0 aromatic carbocycles. The molecule has 0 radical (unpaired) electrons.